The van der Waals surface area contributed by atoms with Crippen molar-refractivity contribution in [1.82, 2.24) is 14.9 Å². The molecule has 11 heteroatoms. The average molecular weight is 600 g/mol. The van der Waals surface area contributed by atoms with Crippen LogP contribution in [0.4, 0.5) is 4.39 Å². The molecular weight excluding hydrogens is 569 g/mol. The van der Waals surface area contributed by atoms with Crippen molar-refractivity contribution in [3.8, 4) is 17.1 Å². The zero-order valence-corrected chi connectivity index (χ0v) is 24.5. The number of benzene rings is 2. The number of aromatic nitrogens is 2. The topological polar surface area (TPSA) is 129 Å². The van der Waals surface area contributed by atoms with E-state index in [0.717, 1.165) is 22.1 Å². The summed E-state index contributed by atoms with van der Waals surface area (Å²) in [6.45, 7) is 3.40. The lowest BCUT2D eigenvalue weighted by Crippen LogP contribution is -2.44. The van der Waals surface area contributed by atoms with Gasteiger partial charge < -0.3 is 29.2 Å². The normalized spacial score (nSPS) is 19.7. The summed E-state index contributed by atoms with van der Waals surface area (Å²) < 4.78 is 32.3. The molecule has 2 atom stereocenters. The summed E-state index contributed by atoms with van der Waals surface area (Å²) in [7, 11) is 1.52. The fraction of sp³-hybridized carbons (Fsp3) is 0.333. The lowest BCUT2D eigenvalue weighted by Gasteiger charge is -2.31. The van der Waals surface area contributed by atoms with Gasteiger partial charge in [0.1, 0.15) is 18.2 Å². The van der Waals surface area contributed by atoms with E-state index in [-0.39, 0.29) is 54.8 Å². The minimum Gasteiger partial charge on any atom is -0.468 e. The molecule has 0 spiro atoms. The molecule has 2 aromatic carbocycles. The van der Waals surface area contributed by atoms with Crippen LogP contribution in [-0.2, 0) is 39.4 Å². The summed E-state index contributed by atoms with van der Waals surface area (Å²) in [5, 5.41) is 15.2. The number of hydrogen-bond donors (Lipinski definition) is 2. The van der Waals surface area contributed by atoms with Crippen LogP contribution in [0.15, 0.2) is 41.2 Å². The Bertz CT molecular complexity index is 1950. The number of cyclic esters (lactones) is 1. The molecule has 226 valence electrons. The van der Waals surface area contributed by atoms with Gasteiger partial charge >= 0.3 is 5.97 Å². The number of ether oxygens (including phenoxy) is 3. The first-order valence-electron chi connectivity index (χ1n) is 14.5. The van der Waals surface area contributed by atoms with Gasteiger partial charge in [0, 0.05) is 35.3 Å². The van der Waals surface area contributed by atoms with Gasteiger partial charge in [0.15, 0.2) is 12.4 Å². The number of nitrogens with one attached hydrogen (secondary N) is 1. The standard InChI is InChI=1S/C33H30FN3O7/c1-4-33(41)22-11-26-29-20(13-37(26)31(39)21(22)14-43-32(33)40)28-24(10-9-19-16(2)23(34)12-25(35-29)27(19)28)36-30(38)17-5-7-18(8-6-17)44-15-42-3/h5-8,11-12,24,41H,4,9-10,13-15H2,1-3H3,(H,36,38)/t24-,33-/m0/s1. The fourth-order valence-electron chi connectivity index (χ4n) is 6.77. The van der Waals surface area contributed by atoms with E-state index in [1.54, 1.807) is 48.7 Å². The lowest BCUT2D eigenvalue weighted by molar-refractivity contribution is -0.172. The third-order valence-electron chi connectivity index (χ3n) is 9.14. The zero-order chi connectivity index (χ0) is 30.9. The van der Waals surface area contributed by atoms with E-state index < -0.39 is 17.6 Å². The molecule has 0 fully saturated rings. The average Bonchev–Trinajstić information content (AvgIpc) is 3.40. The van der Waals surface area contributed by atoms with Gasteiger partial charge in [0.25, 0.3) is 11.5 Å². The summed E-state index contributed by atoms with van der Waals surface area (Å²) in [4.78, 5) is 44.7. The van der Waals surface area contributed by atoms with Gasteiger partial charge in [-0.05, 0) is 73.2 Å². The van der Waals surface area contributed by atoms with Gasteiger partial charge in [0.05, 0.1) is 35.1 Å². The Hall–Kier alpha value is -4.61. The Kier molecular flexibility index (Phi) is 6.56. The Morgan fingerprint density at radius 2 is 1.98 bits per heavy atom. The van der Waals surface area contributed by atoms with Crippen molar-refractivity contribution in [3.63, 3.8) is 0 Å². The van der Waals surface area contributed by atoms with Crippen molar-refractivity contribution >= 4 is 22.8 Å². The van der Waals surface area contributed by atoms with Crippen molar-refractivity contribution in [3.05, 3.63) is 91.5 Å². The van der Waals surface area contributed by atoms with Gasteiger partial charge in [-0.2, -0.15) is 0 Å². The van der Waals surface area contributed by atoms with Gasteiger partial charge in [-0.1, -0.05) is 6.92 Å². The number of rotatable bonds is 6. The second-order valence-electron chi connectivity index (χ2n) is 11.5. The largest absolute Gasteiger partial charge is 0.468 e. The Balaban J connectivity index is 1.37. The SMILES string of the molecule is CC[C@@]1(O)C(=O)OCc2c1cc1n(c2=O)Cc2c-1nc1cc(F)c(C)c3c1c2[C@@H](NC(=O)c1ccc(OCOC)cc1)CC3. The van der Waals surface area contributed by atoms with Crippen LogP contribution in [-0.4, -0.2) is 40.4 Å². The van der Waals surface area contributed by atoms with Gasteiger partial charge in [-0.25, -0.2) is 14.2 Å². The van der Waals surface area contributed by atoms with Crippen molar-refractivity contribution in [2.24, 2.45) is 0 Å². The highest BCUT2D eigenvalue weighted by molar-refractivity contribution is 5.97. The number of carbonyl (C=O) groups is 2. The molecule has 10 nitrogen and oxygen atoms in total. The molecule has 44 heavy (non-hydrogen) atoms. The molecule has 1 amide bonds. The fourth-order valence-corrected chi connectivity index (χ4v) is 6.77. The monoisotopic (exact) mass is 599 g/mol. The summed E-state index contributed by atoms with van der Waals surface area (Å²) in [5.41, 5.74) is 2.70. The van der Waals surface area contributed by atoms with E-state index in [0.29, 0.717) is 46.6 Å². The molecule has 4 heterocycles. The number of aryl methyl sites for hydroxylation is 1. The highest BCUT2D eigenvalue weighted by atomic mass is 19.1. The van der Waals surface area contributed by atoms with Crippen LogP contribution >= 0.6 is 0 Å². The van der Waals surface area contributed by atoms with E-state index >= 15 is 4.39 Å². The summed E-state index contributed by atoms with van der Waals surface area (Å²) in [5.74, 6) is -0.914. The number of halogens is 1. The van der Waals surface area contributed by atoms with Crippen molar-refractivity contribution in [1.29, 1.82) is 0 Å². The number of nitrogens with zero attached hydrogens (tertiary/aromatic N) is 2. The van der Waals surface area contributed by atoms with Crippen LogP contribution in [0.3, 0.4) is 0 Å². The van der Waals surface area contributed by atoms with Gasteiger partial charge in [0.2, 0.25) is 0 Å². The van der Waals surface area contributed by atoms with Crippen LogP contribution in [0.5, 0.6) is 5.75 Å². The molecule has 0 saturated heterocycles. The first kappa shape index (κ1) is 28.2. The van der Waals surface area contributed by atoms with Crippen molar-refractivity contribution in [2.45, 2.75) is 57.9 Å². The van der Waals surface area contributed by atoms with Crippen LogP contribution in [0.2, 0.25) is 0 Å². The van der Waals surface area contributed by atoms with Crippen molar-refractivity contribution in [2.75, 3.05) is 13.9 Å². The van der Waals surface area contributed by atoms with Crippen molar-refractivity contribution < 1.29 is 33.3 Å². The van der Waals surface area contributed by atoms with Gasteiger partial charge in [-0.15, -0.1) is 0 Å². The van der Waals surface area contributed by atoms with Gasteiger partial charge in [-0.3, -0.25) is 9.59 Å². The molecule has 4 aromatic rings. The number of carbonyl (C=O) groups excluding carboxylic acids is 2. The molecule has 0 bridgehead atoms. The van der Waals surface area contributed by atoms with E-state index in [1.165, 1.54) is 13.2 Å². The predicted octanol–water partition coefficient (Wildman–Crippen LogP) is 3.93. The summed E-state index contributed by atoms with van der Waals surface area (Å²) in [6.07, 6.45) is 1.07. The van der Waals surface area contributed by atoms with Crippen LogP contribution in [0, 0.1) is 12.7 Å². The maximum atomic E-state index is 15.2. The quantitative estimate of drug-likeness (QED) is 0.222. The number of esters is 1. The summed E-state index contributed by atoms with van der Waals surface area (Å²) in [6, 6.07) is 9.29. The third-order valence-corrected chi connectivity index (χ3v) is 9.14. The number of pyridine rings is 2. The molecule has 0 saturated carbocycles. The first-order valence-corrected chi connectivity index (χ1v) is 14.5. The number of methoxy groups -OCH3 is 1. The third kappa shape index (κ3) is 4.06. The molecule has 7 rings (SSSR count). The molecule has 0 radical (unpaired) electrons. The van der Waals surface area contributed by atoms with E-state index in [2.05, 4.69) is 5.32 Å². The van der Waals surface area contributed by atoms with E-state index in [4.69, 9.17) is 19.2 Å². The molecule has 1 aliphatic carbocycles. The Labute approximate surface area is 251 Å². The van der Waals surface area contributed by atoms with Crippen LogP contribution in [0.25, 0.3) is 22.3 Å². The number of aliphatic hydroxyl groups is 1. The number of amides is 1. The number of fused-ring (bicyclic) bond motifs is 5. The van der Waals surface area contributed by atoms with E-state index in [1.807, 2.05) is 0 Å². The van der Waals surface area contributed by atoms with E-state index in [9.17, 15) is 19.5 Å². The zero-order valence-electron chi connectivity index (χ0n) is 24.5. The molecule has 0 unspecified atom stereocenters. The van der Waals surface area contributed by atoms with Crippen LogP contribution in [0.1, 0.15) is 69.5 Å². The molecule has 2 N–H and O–H groups in total. The Morgan fingerprint density at radius 3 is 2.70 bits per heavy atom. The molecule has 2 aromatic heterocycles. The first-order chi connectivity index (χ1) is 21.2. The smallest absolute Gasteiger partial charge is 0.343 e. The minimum atomic E-state index is -1.97. The maximum Gasteiger partial charge on any atom is 0.343 e. The predicted molar refractivity (Wildman–Crippen MR) is 157 cm³/mol. The maximum absolute atomic E-state index is 15.2. The highest BCUT2D eigenvalue weighted by Crippen LogP contribution is 2.46. The molecule has 2 aliphatic heterocycles. The second kappa shape index (κ2) is 10.2. The minimum absolute atomic E-state index is 0.0203. The lowest BCUT2D eigenvalue weighted by atomic mass is 9.81. The Morgan fingerprint density at radius 1 is 1.20 bits per heavy atom. The highest BCUT2D eigenvalue weighted by Gasteiger charge is 2.46. The van der Waals surface area contributed by atoms with Crippen LogP contribution < -0.4 is 15.6 Å². The summed E-state index contributed by atoms with van der Waals surface area (Å²) >= 11 is 0. The molecule has 3 aliphatic rings. The number of hydrogen-bond acceptors (Lipinski definition) is 8. The molecular formula is C33H30FN3O7. The second-order valence-corrected chi connectivity index (χ2v) is 11.5.